The van der Waals surface area contributed by atoms with Gasteiger partial charge in [0.2, 0.25) is 0 Å². The molecule has 0 amide bonds. The molecule has 2 rings (SSSR count). The molecule has 0 aromatic heterocycles. The van der Waals surface area contributed by atoms with E-state index in [9.17, 15) is 4.79 Å². The zero-order chi connectivity index (χ0) is 20.7. The zero-order valence-corrected chi connectivity index (χ0v) is 19.2. The lowest BCUT2D eigenvalue weighted by Crippen LogP contribution is -2.47. The fourth-order valence-corrected chi connectivity index (χ4v) is 3.38. The Hall–Kier alpha value is -1.32. The number of benzene rings is 1. The summed E-state index contributed by atoms with van der Waals surface area (Å²) >= 11 is 6.03. The molecule has 0 bridgehead atoms. The second-order valence-corrected chi connectivity index (χ2v) is 14.5. The van der Waals surface area contributed by atoms with Crippen LogP contribution in [-0.4, -0.2) is 31.0 Å². The molecular formula is C21H29ClO4Si. The van der Waals surface area contributed by atoms with Gasteiger partial charge < -0.3 is 14.2 Å². The van der Waals surface area contributed by atoms with Gasteiger partial charge in [-0.25, -0.2) is 4.79 Å². The molecule has 0 N–H and O–H groups in total. The van der Waals surface area contributed by atoms with E-state index in [-0.39, 0.29) is 0 Å². The van der Waals surface area contributed by atoms with E-state index in [0.29, 0.717) is 5.02 Å². The number of hydrogen-bond acceptors (Lipinski definition) is 4. The summed E-state index contributed by atoms with van der Waals surface area (Å²) in [6.45, 7) is 15.4. The van der Waals surface area contributed by atoms with Crippen LogP contribution < -0.4 is 0 Å². The Labute approximate surface area is 168 Å². The van der Waals surface area contributed by atoms with Crippen LogP contribution in [0, 0.1) is 11.5 Å². The largest absolute Gasteiger partial charge is 0.457 e. The van der Waals surface area contributed by atoms with E-state index >= 15 is 0 Å². The zero-order valence-electron chi connectivity index (χ0n) is 17.4. The van der Waals surface area contributed by atoms with Crippen molar-refractivity contribution in [3.8, 4) is 11.5 Å². The maximum atomic E-state index is 13.3. The number of carbonyl (C=O) groups is 1. The molecule has 4 nitrogen and oxygen atoms in total. The molecule has 1 aromatic rings. The van der Waals surface area contributed by atoms with Gasteiger partial charge in [0.15, 0.2) is 5.79 Å². The van der Waals surface area contributed by atoms with E-state index < -0.39 is 37.1 Å². The molecule has 2 atom stereocenters. The molecule has 1 fully saturated rings. The SMILES string of the molecule is CC(C)(C)OC(=O)[C@@]1(C#C[Si](C)(C)C)OC(C)(C)O[C@H]1c1ccc(Cl)cc1. The van der Waals surface area contributed by atoms with E-state index in [0.717, 1.165) is 5.56 Å². The van der Waals surface area contributed by atoms with Gasteiger partial charge in [-0.15, -0.1) is 5.54 Å². The van der Waals surface area contributed by atoms with E-state index in [1.807, 2.05) is 32.9 Å². The van der Waals surface area contributed by atoms with E-state index in [1.54, 1.807) is 26.0 Å². The van der Waals surface area contributed by atoms with E-state index in [2.05, 4.69) is 31.1 Å². The molecule has 0 spiro atoms. The Morgan fingerprint density at radius 2 is 1.74 bits per heavy atom. The van der Waals surface area contributed by atoms with Crippen LogP contribution in [0.1, 0.15) is 46.3 Å². The third-order valence-electron chi connectivity index (χ3n) is 3.68. The van der Waals surface area contributed by atoms with Gasteiger partial charge in [0.1, 0.15) is 19.8 Å². The average molecular weight is 409 g/mol. The minimum absolute atomic E-state index is 0.536. The van der Waals surface area contributed by atoms with Crippen molar-refractivity contribution >= 4 is 25.6 Å². The van der Waals surface area contributed by atoms with Crippen LogP contribution in [-0.2, 0) is 19.0 Å². The van der Waals surface area contributed by atoms with Gasteiger partial charge in [-0.05, 0) is 52.3 Å². The van der Waals surface area contributed by atoms with Crippen LogP contribution >= 0.6 is 11.6 Å². The van der Waals surface area contributed by atoms with Crippen molar-refractivity contribution in [3.63, 3.8) is 0 Å². The van der Waals surface area contributed by atoms with Gasteiger partial charge in [0, 0.05) is 5.02 Å². The number of halogens is 1. The first-order valence-corrected chi connectivity index (χ1v) is 12.9. The van der Waals surface area contributed by atoms with Crippen molar-refractivity contribution < 1.29 is 19.0 Å². The van der Waals surface area contributed by atoms with Crippen molar-refractivity contribution in [2.45, 2.75) is 77.4 Å². The standard InChI is InChI=1S/C21H29ClO4Si/c1-19(2,3)25-18(23)21(13-14-27(6,7)8)17(24-20(4,5)26-21)15-9-11-16(22)12-10-15/h9-12,17H,1-8H3/t17-,21-/m0/s1. The number of ether oxygens (including phenoxy) is 3. The van der Waals surface area contributed by atoms with Gasteiger partial charge >= 0.3 is 5.97 Å². The number of rotatable bonds is 2. The molecule has 27 heavy (non-hydrogen) atoms. The lowest BCUT2D eigenvalue weighted by molar-refractivity contribution is -0.188. The topological polar surface area (TPSA) is 44.8 Å². The maximum absolute atomic E-state index is 13.3. The highest BCUT2D eigenvalue weighted by molar-refractivity contribution is 6.83. The Bertz CT molecular complexity index is 763. The third-order valence-corrected chi connectivity index (χ3v) is 4.80. The highest BCUT2D eigenvalue weighted by Crippen LogP contribution is 2.47. The summed E-state index contributed by atoms with van der Waals surface area (Å²) in [6, 6.07) is 7.18. The Balaban J connectivity index is 2.63. The Morgan fingerprint density at radius 3 is 2.22 bits per heavy atom. The van der Waals surface area contributed by atoms with Crippen LogP contribution in [0.5, 0.6) is 0 Å². The molecule has 1 heterocycles. The van der Waals surface area contributed by atoms with Gasteiger partial charge in [0.05, 0.1) is 0 Å². The second kappa shape index (κ2) is 7.25. The highest BCUT2D eigenvalue weighted by atomic mass is 35.5. The van der Waals surface area contributed by atoms with Crippen LogP contribution in [0.2, 0.25) is 24.7 Å². The Morgan fingerprint density at radius 1 is 1.19 bits per heavy atom. The van der Waals surface area contributed by atoms with Crippen molar-refractivity contribution in [3.05, 3.63) is 34.9 Å². The molecule has 1 saturated heterocycles. The minimum Gasteiger partial charge on any atom is -0.457 e. The van der Waals surface area contributed by atoms with Crippen molar-refractivity contribution in [2.24, 2.45) is 0 Å². The summed E-state index contributed by atoms with van der Waals surface area (Å²) in [5.74, 6) is 1.61. The first-order chi connectivity index (χ1) is 12.1. The molecule has 1 aliphatic heterocycles. The first kappa shape index (κ1) is 22.0. The average Bonchev–Trinajstić information content (AvgIpc) is 2.76. The second-order valence-electron chi connectivity index (χ2n) is 9.29. The Kier molecular flexibility index (Phi) is 5.90. The van der Waals surface area contributed by atoms with Gasteiger partial charge in [0.25, 0.3) is 5.60 Å². The third kappa shape index (κ3) is 5.58. The lowest BCUT2D eigenvalue weighted by atomic mass is 9.91. The first-order valence-electron chi connectivity index (χ1n) is 9.05. The van der Waals surface area contributed by atoms with E-state index in [1.165, 1.54) is 0 Å². The van der Waals surface area contributed by atoms with Crippen LogP contribution in [0.3, 0.4) is 0 Å². The number of carbonyl (C=O) groups excluding carboxylic acids is 1. The molecular weight excluding hydrogens is 380 g/mol. The normalized spacial score (nSPS) is 24.9. The maximum Gasteiger partial charge on any atom is 0.355 e. The summed E-state index contributed by atoms with van der Waals surface area (Å²) in [6.07, 6.45) is -0.719. The summed E-state index contributed by atoms with van der Waals surface area (Å²) in [5, 5.41) is 0.605. The molecule has 1 aromatic carbocycles. The predicted molar refractivity (Wildman–Crippen MR) is 110 cm³/mol. The summed E-state index contributed by atoms with van der Waals surface area (Å²) in [4.78, 5) is 13.3. The molecule has 0 aliphatic carbocycles. The smallest absolute Gasteiger partial charge is 0.355 e. The van der Waals surface area contributed by atoms with Crippen molar-refractivity contribution in [1.82, 2.24) is 0 Å². The summed E-state index contributed by atoms with van der Waals surface area (Å²) in [7, 11) is -1.79. The molecule has 148 valence electrons. The highest BCUT2D eigenvalue weighted by Gasteiger charge is 2.60. The van der Waals surface area contributed by atoms with Gasteiger partial charge in [-0.2, -0.15) is 0 Å². The summed E-state index contributed by atoms with van der Waals surface area (Å²) < 4.78 is 18.0. The van der Waals surface area contributed by atoms with Crippen LogP contribution in [0.4, 0.5) is 0 Å². The van der Waals surface area contributed by atoms with Crippen molar-refractivity contribution in [1.29, 1.82) is 0 Å². The number of esters is 1. The van der Waals surface area contributed by atoms with Crippen LogP contribution in [0.25, 0.3) is 0 Å². The molecule has 6 heteroatoms. The fraction of sp³-hybridized carbons (Fsp3) is 0.571. The van der Waals surface area contributed by atoms with Crippen molar-refractivity contribution in [2.75, 3.05) is 0 Å². The minimum atomic E-state index is -1.79. The van der Waals surface area contributed by atoms with E-state index in [4.69, 9.17) is 25.8 Å². The monoisotopic (exact) mass is 408 g/mol. The summed E-state index contributed by atoms with van der Waals surface area (Å²) in [5.41, 5.74) is 1.83. The van der Waals surface area contributed by atoms with Gasteiger partial charge in [-0.1, -0.05) is 49.3 Å². The molecule has 0 unspecified atom stereocenters. The molecule has 1 aliphatic rings. The van der Waals surface area contributed by atoms with Gasteiger partial charge in [-0.3, -0.25) is 0 Å². The molecule has 0 radical (unpaired) electrons. The van der Waals surface area contributed by atoms with Crippen LogP contribution in [0.15, 0.2) is 24.3 Å². The number of hydrogen-bond donors (Lipinski definition) is 0. The fourth-order valence-electron chi connectivity index (χ4n) is 2.70. The quantitative estimate of drug-likeness (QED) is 0.386. The molecule has 0 saturated carbocycles. The lowest BCUT2D eigenvalue weighted by Gasteiger charge is -2.30. The predicted octanol–water partition coefficient (Wildman–Crippen LogP) is 5.13.